The number of carbonyl (C=O) groups excluding carboxylic acids is 1. The number of amides is 1. The average molecular weight is 378 g/mol. The minimum absolute atomic E-state index is 0.0829. The van der Waals surface area contributed by atoms with Crippen molar-refractivity contribution < 1.29 is 13.9 Å². The first-order valence-corrected chi connectivity index (χ1v) is 9.91. The maximum atomic E-state index is 12.5. The van der Waals surface area contributed by atoms with E-state index in [0.717, 1.165) is 54.6 Å². The number of hydrogen-bond acceptors (Lipinski definition) is 4. The monoisotopic (exact) mass is 378 g/mol. The first kappa shape index (κ1) is 18.6. The smallest absolute Gasteiger partial charge is 0.224 e. The van der Waals surface area contributed by atoms with Crippen molar-refractivity contribution in [3.8, 4) is 5.75 Å². The van der Waals surface area contributed by atoms with Gasteiger partial charge >= 0.3 is 0 Å². The number of nitrogens with one attached hydrogen (secondary N) is 1. The van der Waals surface area contributed by atoms with Gasteiger partial charge in [0.05, 0.1) is 18.9 Å². The summed E-state index contributed by atoms with van der Waals surface area (Å²) >= 11 is 0. The molecule has 0 aliphatic carbocycles. The van der Waals surface area contributed by atoms with E-state index in [-0.39, 0.29) is 11.9 Å². The minimum Gasteiger partial charge on any atom is -0.492 e. The van der Waals surface area contributed by atoms with Gasteiger partial charge in [-0.25, -0.2) is 0 Å². The van der Waals surface area contributed by atoms with E-state index in [4.69, 9.17) is 9.15 Å². The Morgan fingerprint density at radius 1 is 1.07 bits per heavy atom. The molecular formula is C23H26N2O3. The molecule has 0 saturated carbocycles. The largest absolute Gasteiger partial charge is 0.492 e. The van der Waals surface area contributed by atoms with Gasteiger partial charge in [0, 0.05) is 36.4 Å². The number of carbonyl (C=O) groups is 1. The summed E-state index contributed by atoms with van der Waals surface area (Å²) in [6, 6.07) is 16.1. The van der Waals surface area contributed by atoms with Crippen LogP contribution in [0.2, 0.25) is 0 Å². The van der Waals surface area contributed by atoms with Crippen molar-refractivity contribution in [1.82, 2.24) is 10.2 Å². The van der Waals surface area contributed by atoms with Crippen LogP contribution in [-0.4, -0.2) is 43.1 Å². The summed E-state index contributed by atoms with van der Waals surface area (Å²) in [5.74, 6) is 0.997. The number of piperidine rings is 1. The molecule has 3 aromatic rings. The number of rotatable bonds is 7. The molecule has 2 aromatic carbocycles. The van der Waals surface area contributed by atoms with Gasteiger partial charge in [0.2, 0.25) is 5.91 Å². The zero-order valence-corrected chi connectivity index (χ0v) is 16.0. The highest BCUT2D eigenvalue weighted by Crippen LogP contribution is 2.20. The maximum absolute atomic E-state index is 12.5. The highest BCUT2D eigenvalue weighted by atomic mass is 16.5. The fourth-order valence-electron chi connectivity index (χ4n) is 3.77. The predicted molar refractivity (Wildman–Crippen MR) is 109 cm³/mol. The molecule has 1 amide bonds. The summed E-state index contributed by atoms with van der Waals surface area (Å²) < 4.78 is 11.0. The fraction of sp³-hybridized carbons (Fsp3) is 0.348. The van der Waals surface area contributed by atoms with Gasteiger partial charge in [0.15, 0.2) is 0 Å². The third-order valence-electron chi connectivity index (χ3n) is 5.33. The van der Waals surface area contributed by atoms with Gasteiger partial charge in [-0.3, -0.25) is 9.69 Å². The summed E-state index contributed by atoms with van der Waals surface area (Å²) in [7, 11) is 0. The molecule has 0 unspecified atom stereocenters. The number of para-hydroxylation sites is 1. The zero-order chi connectivity index (χ0) is 19.2. The summed E-state index contributed by atoms with van der Waals surface area (Å²) in [4.78, 5) is 14.9. The summed E-state index contributed by atoms with van der Waals surface area (Å²) in [5.41, 5.74) is 1.01. The third-order valence-corrected chi connectivity index (χ3v) is 5.33. The number of benzene rings is 2. The zero-order valence-electron chi connectivity index (χ0n) is 16.0. The highest BCUT2D eigenvalue weighted by Gasteiger charge is 2.21. The first-order chi connectivity index (χ1) is 13.8. The van der Waals surface area contributed by atoms with Gasteiger partial charge in [0.25, 0.3) is 0 Å². The Kier molecular flexibility index (Phi) is 5.92. The van der Waals surface area contributed by atoms with Gasteiger partial charge < -0.3 is 14.5 Å². The Labute approximate surface area is 165 Å². The lowest BCUT2D eigenvalue weighted by molar-refractivity contribution is -0.121. The summed E-state index contributed by atoms with van der Waals surface area (Å²) in [6.07, 6.45) is 5.78. The van der Waals surface area contributed by atoms with Crippen LogP contribution in [0.25, 0.3) is 10.8 Å². The lowest BCUT2D eigenvalue weighted by Crippen LogP contribution is -2.45. The Bertz CT molecular complexity index is 898. The minimum atomic E-state index is 0.0829. The molecule has 1 aliphatic rings. The van der Waals surface area contributed by atoms with Crippen LogP contribution in [-0.2, 0) is 11.2 Å². The van der Waals surface area contributed by atoms with Gasteiger partial charge in [-0.1, -0.05) is 36.4 Å². The van der Waals surface area contributed by atoms with E-state index >= 15 is 0 Å². The van der Waals surface area contributed by atoms with Crippen molar-refractivity contribution in [1.29, 1.82) is 0 Å². The van der Waals surface area contributed by atoms with E-state index in [0.29, 0.717) is 13.0 Å². The van der Waals surface area contributed by atoms with Gasteiger partial charge in [0.1, 0.15) is 12.4 Å². The molecule has 5 nitrogen and oxygen atoms in total. The molecule has 4 rings (SSSR count). The lowest BCUT2D eigenvalue weighted by atomic mass is 10.0. The van der Waals surface area contributed by atoms with E-state index in [1.807, 2.05) is 48.5 Å². The van der Waals surface area contributed by atoms with E-state index in [1.165, 1.54) is 0 Å². The number of ether oxygens (including phenoxy) is 1. The number of nitrogens with zero attached hydrogens (tertiary/aromatic N) is 1. The van der Waals surface area contributed by atoms with E-state index in [9.17, 15) is 4.79 Å². The Morgan fingerprint density at radius 3 is 2.71 bits per heavy atom. The van der Waals surface area contributed by atoms with Crippen LogP contribution in [0.5, 0.6) is 5.75 Å². The molecule has 28 heavy (non-hydrogen) atoms. The Morgan fingerprint density at radius 2 is 1.89 bits per heavy atom. The molecule has 1 fully saturated rings. The van der Waals surface area contributed by atoms with Crippen LogP contribution in [0, 0.1) is 0 Å². The molecule has 146 valence electrons. The van der Waals surface area contributed by atoms with Crippen molar-refractivity contribution >= 4 is 16.7 Å². The number of likely N-dealkylation sites (tertiary alicyclic amines) is 1. The quantitative estimate of drug-likeness (QED) is 0.682. The maximum Gasteiger partial charge on any atom is 0.224 e. The van der Waals surface area contributed by atoms with Crippen molar-refractivity contribution in [3.05, 3.63) is 66.6 Å². The summed E-state index contributed by atoms with van der Waals surface area (Å²) in [6.45, 7) is 3.58. The predicted octanol–water partition coefficient (Wildman–Crippen LogP) is 3.63. The average Bonchev–Trinajstić information content (AvgIpc) is 3.20. The van der Waals surface area contributed by atoms with Crippen LogP contribution in [0.1, 0.15) is 18.4 Å². The third kappa shape index (κ3) is 4.73. The van der Waals surface area contributed by atoms with E-state index < -0.39 is 0 Å². The van der Waals surface area contributed by atoms with Crippen LogP contribution in [0.15, 0.2) is 65.5 Å². The topological polar surface area (TPSA) is 54.7 Å². The molecule has 1 aliphatic heterocycles. The number of hydrogen-bond donors (Lipinski definition) is 1. The Hall–Kier alpha value is -2.79. The fourth-order valence-corrected chi connectivity index (χ4v) is 3.77. The molecule has 1 N–H and O–H groups in total. The number of furan rings is 1. The summed E-state index contributed by atoms with van der Waals surface area (Å²) in [5, 5.41) is 5.26. The van der Waals surface area contributed by atoms with Crippen LogP contribution in [0.3, 0.4) is 0 Å². The second kappa shape index (κ2) is 8.93. The molecule has 1 aromatic heterocycles. The van der Waals surface area contributed by atoms with Gasteiger partial charge in [-0.05, 0) is 30.5 Å². The van der Waals surface area contributed by atoms with E-state index in [2.05, 4.69) is 10.2 Å². The molecule has 0 bridgehead atoms. The normalized spacial score (nSPS) is 15.6. The van der Waals surface area contributed by atoms with Crippen molar-refractivity contribution in [2.24, 2.45) is 0 Å². The standard InChI is InChI=1S/C23H26N2O3/c26-23(15-18-5-4-6-19-16-27-17-22(18)19)24-20-9-11-25(12-10-20)13-14-28-21-7-2-1-3-8-21/h1-8,16-17,20H,9-15H2,(H,24,26). The molecular weight excluding hydrogens is 352 g/mol. The molecule has 0 spiro atoms. The second-order valence-corrected chi connectivity index (χ2v) is 7.31. The van der Waals surface area contributed by atoms with Crippen LogP contribution < -0.4 is 10.1 Å². The lowest BCUT2D eigenvalue weighted by Gasteiger charge is -2.32. The van der Waals surface area contributed by atoms with Crippen molar-refractivity contribution in [2.45, 2.75) is 25.3 Å². The Balaban J connectivity index is 1.19. The van der Waals surface area contributed by atoms with Gasteiger partial charge in [-0.2, -0.15) is 0 Å². The number of fused-ring (bicyclic) bond motifs is 1. The molecule has 0 radical (unpaired) electrons. The SMILES string of the molecule is O=C(Cc1cccc2cocc12)NC1CCN(CCOc2ccccc2)CC1. The first-order valence-electron chi connectivity index (χ1n) is 9.91. The molecule has 2 heterocycles. The highest BCUT2D eigenvalue weighted by molar-refractivity contribution is 5.89. The van der Waals surface area contributed by atoms with Crippen molar-refractivity contribution in [2.75, 3.05) is 26.2 Å². The molecule has 1 saturated heterocycles. The molecule has 0 atom stereocenters. The second-order valence-electron chi connectivity index (χ2n) is 7.31. The van der Waals surface area contributed by atoms with Crippen LogP contribution >= 0.6 is 0 Å². The van der Waals surface area contributed by atoms with E-state index in [1.54, 1.807) is 12.5 Å². The molecule has 5 heteroatoms. The van der Waals surface area contributed by atoms with Crippen molar-refractivity contribution in [3.63, 3.8) is 0 Å². The van der Waals surface area contributed by atoms with Gasteiger partial charge in [-0.15, -0.1) is 0 Å². The van der Waals surface area contributed by atoms with Crippen LogP contribution in [0.4, 0.5) is 0 Å².